The molecule has 0 spiro atoms. The Bertz CT molecular complexity index is 704. The van der Waals surface area contributed by atoms with Crippen LogP contribution in [0.4, 0.5) is 4.79 Å². The summed E-state index contributed by atoms with van der Waals surface area (Å²) in [6.07, 6.45) is 0.755. The third kappa shape index (κ3) is 2.87. The van der Waals surface area contributed by atoms with Crippen molar-refractivity contribution in [2.45, 2.75) is 12.5 Å². The Labute approximate surface area is 146 Å². The van der Waals surface area contributed by atoms with Gasteiger partial charge in [-0.15, -0.1) is 0 Å². The van der Waals surface area contributed by atoms with Crippen molar-refractivity contribution in [3.05, 3.63) is 46.1 Å². The van der Waals surface area contributed by atoms with Crippen LogP contribution in [0.25, 0.3) is 0 Å². The number of hydrogen-bond acceptors (Lipinski definition) is 3. The molecule has 24 heavy (non-hydrogen) atoms. The Kier molecular flexibility index (Phi) is 4.78. The highest BCUT2D eigenvalue weighted by Gasteiger charge is 2.43. The van der Waals surface area contributed by atoms with Gasteiger partial charge in [0.15, 0.2) is 0 Å². The molecule has 1 aromatic rings. The molecule has 128 valence electrons. The van der Waals surface area contributed by atoms with E-state index in [4.69, 9.17) is 16.3 Å². The van der Waals surface area contributed by atoms with Gasteiger partial charge in [-0.2, -0.15) is 0 Å². The molecule has 0 aliphatic carbocycles. The van der Waals surface area contributed by atoms with E-state index in [9.17, 15) is 9.59 Å². The fraction of sp³-hybridized carbons (Fsp3) is 0.412. The van der Waals surface area contributed by atoms with Crippen molar-refractivity contribution >= 4 is 23.5 Å². The highest BCUT2D eigenvalue weighted by atomic mass is 35.5. The molecular weight excluding hydrogens is 330 g/mol. The van der Waals surface area contributed by atoms with E-state index in [0.29, 0.717) is 30.3 Å². The smallest absolute Gasteiger partial charge is 0.322 e. The first-order valence-electron chi connectivity index (χ1n) is 7.84. The Morgan fingerprint density at radius 3 is 2.79 bits per heavy atom. The first-order valence-corrected chi connectivity index (χ1v) is 8.22. The molecule has 3 rings (SSSR count). The standard InChI is InChI=1S/C17H20ClN3O3/c1-20-13-10-21(8-5-9-24-2)16(22)14(13)15(19-17(20)23)11-6-3-4-7-12(11)18/h3-4,6-7,15H,5,8-10H2,1-2H3,(H,19,23)/t15-/m1/s1. The van der Waals surface area contributed by atoms with Gasteiger partial charge in [0.2, 0.25) is 0 Å². The normalized spacial score (nSPS) is 20.5. The van der Waals surface area contributed by atoms with E-state index in [-0.39, 0.29) is 11.9 Å². The molecule has 6 nitrogen and oxygen atoms in total. The van der Waals surface area contributed by atoms with E-state index >= 15 is 0 Å². The lowest BCUT2D eigenvalue weighted by atomic mass is 9.96. The number of rotatable bonds is 5. The van der Waals surface area contributed by atoms with E-state index in [1.165, 1.54) is 4.90 Å². The number of nitrogens with zero attached hydrogens (tertiary/aromatic N) is 2. The number of carbonyl (C=O) groups excluding carboxylic acids is 2. The number of ether oxygens (including phenoxy) is 1. The zero-order valence-corrected chi connectivity index (χ0v) is 14.5. The molecule has 2 aliphatic heterocycles. The van der Waals surface area contributed by atoms with Gasteiger partial charge in [0.05, 0.1) is 23.9 Å². The van der Waals surface area contributed by atoms with Crippen LogP contribution >= 0.6 is 11.6 Å². The quantitative estimate of drug-likeness (QED) is 0.829. The monoisotopic (exact) mass is 349 g/mol. The predicted octanol–water partition coefficient (Wildman–Crippen LogP) is 2.17. The van der Waals surface area contributed by atoms with Crippen molar-refractivity contribution < 1.29 is 14.3 Å². The van der Waals surface area contributed by atoms with Crippen molar-refractivity contribution in [1.82, 2.24) is 15.1 Å². The van der Waals surface area contributed by atoms with Crippen LogP contribution in [0.3, 0.4) is 0 Å². The minimum Gasteiger partial charge on any atom is -0.385 e. The SMILES string of the molecule is COCCCN1CC2=C(C1=O)[C@@H](c1ccccc1Cl)NC(=O)N2C. The van der Waals surface area contributed by atoms with Crippen LogP contribution in [-0.2, 0) is 9.53 Å². The van der Waals surface area contributed by atoms with Gasteiger partial charge < -0.3 is 15.0 Å². The lowest BCUT2D eigenvalue weighted by Crippen LogP contribution is -2.45. The molecule has 0 aromatic heterocycles. The molecule has 2 aliphatic rings. The van der Waals surface area contributed by atoms with Gasteiger partial charge in [-0.3, -0.25) is 9.69 Å². The van der Waals surface area contributed by atoms with Crippen LogP contribution in [0.2, 0.25) is 5.02 Å². The fourth-order valence-electron chi connectivity index (χ4n) is 3.15. The summed E-state index contributed by atoms with van der Waals surface area (Å²) in [7, 11) is 3.32. The Morgan fingerprint density at radius 1 is 1.33 bits per heavy atom. The van der Waals surface area contributed by atoms with E-state index in [1.807, 2.05) is 18.2 Å². The Hall–Kier alpha value is -2.05. The summed E-state index contributed by atoms with van der Waals surface area (Å²) in [6, 6.07) is 6.52. The van der Waals surface area contributed by atoms with Crippen molar-refractivity contribution in [3.63, 3.8) is 0 Å². The van der Waals surface area contributed by atoms with E-state index in [2.05, 4.69) is 5.32 Å². The van der Waals surface area contributed by atoms with Crippen LogP contribution in [0.1, 0.15) is 18.0 Å². The van der Waals surface area contributed by atoms with Crippen molar-refractivity contribution in [2.75, 3.05) is 33.9 Å². The van der Waals surface area contributed by atoms with Crippen LogP contribution in [0.15, 0.2) is 35.5 Å². The first kappa shape index (κ1) is 16.8. The molecule has 3 amide bonds. The van der Waals surface area contributed by atoms with E-state index < -0.39 is 6.04 Å². The Balaban J connectivity index is 1.93. The van der Waals surface area contributed by atoms with Gasteiger partial charge in [0.1, 0.15) is 0 Å². The number of benzene rings is 1. The lowest BCUT2D eigenvalue weighted by molar-refractivity contribution is -0.125. The third-order valence-electron chi connectivity index (χ3n) is 4.43. The number of methoxy groups -OCH3 is 1. The average molecular weight is 350 g/mol. The fourth-order valence-corrected chi connectivity index (χ4v) is 3.39. The molecule has 0 saturated heterocycles. The second-order valence-corrected chi connectivity index (χ2v) is 6.30. The van der Waals surface area contributed by atoms with Crippen LogP contribution in [0.5, 0.6) is 0 Å². The molecule has 0 bridgehead atoms. The van der Waals surface area contributed by atoms with Gasteiger partial charge >= 0.3 is 6.03 Å². The van der Waals surface area contributed by atoms with Crippen LogP contribution in [0, 0.1) is 0 Å². The zero-order valence-electron chi connectivity index (χ0n) is 13.7. The zero-order chi connectivity index (χ0) is 17.3. The number of hydrogen-bond donors (Lipinski definition) is 1. The number of urea groups is 1. The molecular formula is C17H20ClN3O3. The number of halogens is 1. The maximum absolute atomic E-state index is 12.9. The summed E-state index contributed by atoms with van der Waals surface area (Å²) in [5.74, 6) is -0.0575. The van der Waals surface area contributed by atoms with E-state index in [0.717, 1.165) is 17.7 Å². The summed E-state index contributed by atoms with van der Waals surface area (Å²) in [4.78, 5) is 28.4. The maximum Gasteiger partial charge on any atom is 0.322 e. The summed E-state index contributed by atoms with van der Waals surface area (Å²) in [5, 5.41) is 3.42. The molecule has 0 saturated carbocycles. The second-order valence-electron chi connectivity index (χ2n) is 5.90. The van der Waals surface area contributed by atoms with Crippen molar-refractivity contribution in [1.29, 1.82) is 0 Å². The lowest BCUT2D eigenvalue weighted by Gasteiger charge is -2.31. The molecule has 1 N–H and O–H groups in total. The van der Waals surface area contributed by atoms with Crippen LogP contribution in [-0.4, -0.2) is 55.6 Å². The average Bonchev–Trinajstić information content (AvgIpc) is 2.89. The second kappa shape index (κ2) is 6.83. The van der Waals surface area contributed by atoms with Gasteiger partial charge in [0, 0.05) is 32.3 Å². The van der Waals surface area contributed by atoms with Crippen molar-refractivity contribution in [3.8, 4) is 0 Å². The highest BCUT2D eigenvalue weighted by molar-refractivity contribution is 6.31. The van der Waals surface area contributed by atoms with Crippen molar-refractivity contribution in [2.24, 2.45) is 0 Å². The largest absolute Gasteiger partial charge is 0.385 e. The molecule has 0 unspecified atom stereocenters. The molecule has 0 radical (unpaired) electrons. The summed E-state index contributed by atoms with van der Waals surface area (Å²) < 4.78 is 5.05. The molecule has 2 heterocycles. The number of likely N-dealkylation sites (N-methyl/N-ethyl adjacent to an activating group) is 1. The summed E-state index contributed by atoms with van der Waals surface area (Å²) in [5.41, 5.74) is 2.08. The molecule has 7 heteroatoms. The van der Waals surface area contributed by atoms with E-state index in [1.54, 1.807) is 25.1 Å². The highest BCUT2D eigenvalue weighted by Crippen LogP contribution is 2.37. The summed E-state index contributed by atoms with van der Waals surface area (Å²) in [6.45, 7) is 1.62. The van der Waals surface area contributed by atoms with Gasteiger partial charge in [-0.25, -0.2) is 4.79 Å². The minimum absolute atomic E-state index is 0.0575. The topological polar surface area (TPSA) is 61.9 Å². The van der Waals surface area contributed by atoms with Gasteiger partial charge in [-0.1, -0.05) is 29.8 Å². The third-order valence-corrected chi connectivity index (χ3v) is 4.77. The first-order chi connectivity index (χ1) is 11.5. The van der Waals surface area contributed by atoms with Gasteiger partial charge in [0.25, 0.3) is 5.91 Å². The number of carbonyl (C=O) groups is 2. The number of amides is 3. The van der Waals surface area contributed by atoms with Crippen LogP contribution < -0.4 is 5.32 Å². The Morgan fingerprint density at radius 2 is 2.08 bits per heavy atom. The van der Waals surface area contributed by atoms with Gasteiger partial charge in [-0.05, 0) is 18.1 Å². The summed E-state index contributed by atoms with van der Waals surface area (Å²) >= 11 is 6.29. The molecule has 0 fully saturated rings. The molecule has 1 aromatic carbocycles. The maximum atomic E-state index is 12.9. The predicted molar refractivity (Wildman–Crippen MR) is 90.6 cm³/mol. The molecule has 1 atom stereocenters. The number of nitrogens with one attached hydrogen (secondary N) is 1. The minimum atomic E-state index is -0.516.